The molecule has 78 valence electrons. The van der Waals surface area contributed by atoms with Crippen LogP contribution in [0.2, 0.25) is 0 Å². The monoisotopic (exact) mass is 232 g/mol. The standard InChI is InChI=1S/C7H14O5S.Na/c1-7(2)11-5-6(12-7)3-4-13(8,9)10;/h6H,3-5H2,1-2H3,(H,8,9,10);/q;+1/p-1/t6-;/m0./s1. The van der Waals surface area contributed by atoms with Gasteiger partial charge in [0.05, 0.1) is 22.8 Å². The summed E-state index contributed by atoms with van der Waals surface area (Å²) in [5, 5.41) is 0. The van der Waals surface area contributed by atoms with E-state index in [0.717, 1.165) is 0 Å². The Morgan fingerprint density at radius 1 is 1.50 bits per heavy atom. The maximum Gasteiger partial charge on any atom is 1.00 e. The molecule has 0 radical (unpaired) electrons. The van der Waals surface area contributed by atoms with E-state index in [1.54, 1.807) is 13.8 Å². The van der Waals surface area contributed by atoms with Gasteiger partial charge in [0, 0.05) is 5.75 Å². The van der Waals surface area contributed by atoms with E-state index in [-0.39, 0.29) is 42.1 Å². The number of rotatable bonds is 3. The van der Waals surface area contributed by atoms with Crippen LogP contribution in [0.5, 0.6) is 0 Å². The third-order valence-corrected chi connectivity index (χ3v) is 2.49. The third-order valence-electron chi connectivity index (χ3n) is 1.76. The molecular formula is C7H13NaO5S. The molecular weight excluding hydrogens is 219 g/mol. The fraction of sp³-hybridized carbons (Fsp3) is 1.00. The number of ether oxygens (including phenoxy) is 2. The molecule has 1 aliphatic rings. The van der Waals surface area contributed by atoms with Crippen LogP contribution in [-0.4, -0.2) is 37.2 Å². The summed E-state index contributed by atoms with van der Waals surface area (Å²) in [5.41, 5.74) is 0. The van der Waals surface area contributed by atoms with E-state index in [9.17, 15) is 13.0 Å². The van der Waals surface area contributed by atoms with Gasteiger partial charge < -0.3 is 14.0 Å². The zero-order valence-electron chi connectivity index (χ0n) is 8.65. The van der Waals surface area contributed by atoms with Crippen molar-refractivity contribution in [2.45, 2.75) is 32.2 Å². The van der Waals surface area contributed by atoms with E-state index >= 15 is 0 Å². The molecule has 0 saturated carbocycles. The molecule has 1 heterocycles. The number of hydrogen-bond donors (Lipinski definition) is 0. The molecule has 0 spiro atoms. The van der Waals surface area contributed by atoms with E-state index in [1.807, 2.05) is 0 Å². The van der Waals surface area contributed by atoms with Crippen LogP contribution in [0.3, 0.4) is 0 Å². The molecule has 0 N–H and O–H groups in total. The summed E-state index contributed by atoms with van der Waals surface area (Å²) in [7, 11) is -4.13. The van der Waals surface area contributed by atoms with Gasteiger partial charge in [-0.05, 0) is 20.3 Å². The average molecular weight is 232 g/mol. The van der Waals surface area contributed by atoms with Crippen LogP contribution >= 0.6 is 0 Å². The van der Waals surface area contributed by atoms with Crippen molar-refractivity contribution in [3.05, 3.63) is 0 Å². The van der Waals surface area contributed by atoms with Crippen molar-refractivity contribution < 1.29 is 52.0 Å². The second kappa shape index (κ2) is 5.25. The topological polar surface area (TPSA) is 75.7 Å². The first-order chi connectivity index (χ1) is 5.79. The van der Waals surface area contributed by atoms with Crippen LogP contribution in [0.25, 0.3) is 0 Å². The minimum atomic E-state index is -4.13. The van der Waals surface area contributed by atoms with Gasteiger partial charge in [0.2, 0.25) is 0 Å². The van der Waals surface area contributed by atoms with Gasteiger partial charge in [0.25, 0.3) is 0 Å². The van der Waals surface area contributed by atoms with Crippen LogP contribution in [0.1, 0.15) is 20.3 Å². The smallest absolute Gasteiger partial charge is 0.748 e. The molecule has 0 aromatic carbocycles. The molecule has 0 aromatic rings. The predicted molar refractivity (Wildman–Crippen MR) is 44.1 cm³/mol. The summed E-state index contributed by atoms with van der Waals surface area (Å²) < 4.78 is 41.4. The van der Waals surface area contributed by atoms with Crippen molar-refractivity contribution in [2.75, 3.05) is 12.4 Å². The third kappa shape index (κ3) is 5.65. The predicted octanol–water partition coefficient (Wildman–Crippen LogP) is -2.92. The fourth-order valence-corrected chi connectivity index (χ4v) is 1.73. The molecule has 0 unspecified atom stereocenters. The van der Waals surface area contributed by atoms with E-state index < -0.39 is 21.7 Å². The van der Waals surface area contributed by atoms with Crippen LogP contribution < -0.4 is 29.6 Å². The minimum Gasteiger partial charge on any atom is -0.748 e. The Kier molecular flexibility index (Phi) is 5.56. The molecule has 0 aromatic heterocycles. The normalized spacial score (nSPS) is 25.8. The Hall–Kier alpha value is 0.830. The van der Waals surface area contributed by atoms with Crippen molar-refractivity contribution in [1.82, 2.24) is 0 Å². The molecule has 1 atom stereocenters. The van der Waals surface area contributed by atoms with E-state index in [4.69, 9.17) is 9.47 Å². The largest absolute Gasteiger partial charge is 1.00 e. The summed E-state index contributed by atoms with van der Waals surface area (Å²) in [6.45, 7) is 3.85. The Morgan fingerprint density at radius 2 is 2.07 bits per heavy atom. The van der Waals surface area contributed by atoms with Crippen molar-refractivity contribution in [1.29, 1.82) is 0 Å². The van der Waals surface area contributed by atoms with Gasteiger partial charge in [-0.25, -0.2) is 8.42 Å². The van der Waals surface area contributed by atoms with Gasteiger partial charge in [0.15, 0.2) is 5.79 Å². The van der Waals surface area contributed by atoms with E-state index in [0.29, 0.717) is 6.61 Å². The number of hydrogen-bond acceptors (Lipinski definition) is 5. The Morgan fingerprint density at radius 3 is 2.43 bits per heavy atom. The Bertz CT molecular complexity index is 274. The van der Waals surface area contributed by atoms with Gasteiger partial charge in [-0.1, -0.05) is 0 Å². The quantitative estimate of drug-likeness (QED) is 0.385. The van der Waals surface area contributed by atoms with Gasteiger partial charge >= 0.3 is 29.6 Å². The van der Waals surface area contributed by atoms with Gasteiger partial charge in [0.1, 0.15) is 0 Å². The first kappa shape index (κ1) is 14.8. The molecule has 1 rings (SSSR count). The molecule has 1 saturated heterocycles. The fourth-order valence-electron chi connectivity index (χ4n) is 1.18. The molecule has 0 amide bonds. The van der Waals surface area contributed by atoms with Crippen molar-refractivity contribution in [2.24, 2.45) is 0 Å². The average Bonchev–Trinajstić information content (AvgIpc) is 2.24. The Balaban J connectivity index is 0.00000169. The minimum absolute atomic E-state index is 0. The summed E-state index contributed by atoms with van der Waals surface area (Å²) in [5.74, 6) is -1.05. The summed E-state index contributed by atoms with van der Waals surface area (Å²) in [6.07, 6.45) is -0.0753. The zero-order valence-corrected chi connectivity index (χ0v) is 11.5. The van der Waals surface area contributed by atoms with Crippen molar-refractivity contribution >= 4 is 10.1 Å². The SMILES string of the molecule is CC1(C)OC[C@H](CCS(=O)(=O)[O-])O1.[Na+]. The first-order valence-corrected chi connectivity index (χ1v) is 5.62. The van der Waals surface area contributed by atoms with Crippen LogP contribution in [0.15, 0.2) is 0 Å². The second-order valence-corrected chi connectivity index (χ2v) is 5.02. The molecule has 7 heteroatoms. The van der Waals surface area contributed by atoms with Crippen LogP contribution in [-0.2, 0) is 19.6 Å². The zero-order chi connectivity index (χ0) is 10.1. The van der Waals surface area contributed by atoms with Gasteiger partial charge in [-0.15, -0.1) is 0 Å². The Labute approximate surface area is 106 Å². The molecule has 1 aliphatic heterocycles. The maximum absolute atomic E-state index is 10.3. The molecule has 0 aliphatic carbocycles. The van der Waals surface area contributed by atoms with Gasteiger partial charge in [-0.2, -0.15) is 0 Å². The van der Waals surface area contributed by atoms with Crippen LogP contribution in [0, 0.1) is 0 Å². The summed E-state index contributed by atoms with van der Waals surface area (Å²) >= 11 is 0. The first-order valence-electron chi connectivity index (χ1n) is 4.04. The molecule has 5 nitrogen and oxygen atoms in total. The summed E-state index contributed by atoms with van der Waals surface area (Å²) in [4.78, 5) is 0. The summed E-state index contributed by atoms with van der Waals surface area (Å²) in [6, 6.07) is 0. The molecule has 14 heavy (non-hydrogen) atoms. The molecule has 0 bridgehead atoms. The van der Waals surface area contributed by atoms with E-state index in [2.05, 4.69) is 0 Å². The van der Waals surface area contributed by atoms with Crippen LogP contribution in [0.4, 0.5) is 0 Å². The maximum atomic E-state index is 10.3. The van der Waals surface area contributed by atoms with E-state index in [1.165, 1.54) is 0 Å². The van der Waals surface area contributed by atoms with Crippen molar-refractivity contribution in [3.63, 3.8) is 0 Å². The molecule has 1 fully saturated rings. The second-order valence-electron chi connectivity index (χ2n) is 3.50. The van der Waals surface area contributed by atoms with Gasteiger partial charge in [-0.3, -0.25) is 0 Å². The van der Waals surface area contributed by atoms with Crippen molar-refractivity contribution in [3.8, 4) is 0 Å².